The van der Waals surface area contributed by atoms with Gasteiger partial charge in [0.1, 0.15) is 0 Å². The third-order valence-corrected chi connectivity index (χ3v) is 4.28. The van der Waals surface area contributed by atoms with Gasteiger partial charge in [0.15, 0.2) is 0 Å². The number of urea groups is 1. The maximum Gasteiger partial charge on any atom is 0.319 e. The Morgan fingerprint density at radius 3 is 2.85 bits per heavy atom. The fourth-order valence-electron chi connectivity index (χ4n) is 2.43. The van der Waals surface area contributed by atoms with Gasteiger partial charge in [0.25, 0.3) is 0 Å². The molecule has 5 heteroatoms. The molecule has 4 nitrogen and oxygen atoms in total. The van der Waals surface area contributed by atoms with E-state index in [1.807, 2.05) is 19.1 Å². The highest BCUT2D eigenvalue weighted by atomic mass is 35.5. The van der Waals surface area contributed by atoms with E-state index in [1.54, 1.807) is 6.07 Å². The van der Waals surface area contributed by atoms with Crippen LogP contribution in [-0.2, 0) is 0 Å². The molecule has 1 aromatic carbocycles. The molecule has 0 radical (unpaired) electrons. The van der Waals surface area contributed by atoms with Crippen LogP contribution in [0.15, 0.2) is 18.2 Å². The molecule has 2 rings (SSSR count). The Bertz CT molecular complexity index is 502. The van der Waals surface area contributed by atoms with E-state index in [2.05, 4.69) is 29.8 Å². The lowest BCUT2D eigenvalue weighted by atomic mass is 9.80. The first kappa shape index (κ1) is 15.1. The molecule has 1 aliphatic rings. The minimum Gasteiger partial charge on any atom is -0.335 e. The van der Waals surface area contributed by atoms with Gasteiger partial charge in [0.2, 0.25) is 0 Å². The van der Waals surface area contributed by atoms with Gasteiger partial charge in [-0.25, -0.2) is 4.79 Å². The average Bonchev–Trinajstić information content (AvgIpc) is 2.36. The molecule has 1 atom stereocenters. The van der Waals surface area contributed by atoms with Crippen molar-refractivity contribution in [2.75, 3.05) is 18.4 Å². The van der Waals surface area contributed by atoms with Crippen molar-refractivity contribution < 1.29 is 4.79 Å². The van der Waals surface area contributed by atoms with E-state index in [-0.39, 0.29) is 17.5 Å². The third-order valence-electron chi connectivity index (χ3n) is 3.87. The average molecular weight is 296 g/mol. The molecule has 110 valence electrons. The highest BCUT2D eigenvalue weighted by Crippen LogP contribution is 2.25. The molecule has 1 aromatic rings. The predicted molar refractivity (Wildman–Crippen MR) is 83.4 cm³/mol. The summed E-state index contributed by atoms with van der Waals surface area (Å²) >= 11 is 6.05. The van der Waals surface area contributed by atoms with Gasteiger partial charge in [0, 0.05) is 23.3 Å². The smallest absolute Gasteiger partial charge is 0.319 e. The molecule has 0 aliphatic carbocycles. The second-order valence-electron chi connectivity index (χ2n) is 6.07. The summed E-state index contributed by atoms with van der Waals surface area (Å²) in [6, 6.07) is 5.51. The van der Waals surface area contributed by atoms with Crippen LogP contribution in [0.1, 0.15) is 25.8 Å². The van der Waals surface area contributed by atoms with Crippen LogP contribution in [0.2, 0.25) is 5.02 Å². The largest absolute Gasteiger partial charge is 0.335 e. The van der Waals surface area contributed by atoms with Crippen LogP contribution in [0.25, 0.3) is 0 Å². The number of carbonyl (C=O) groups excluding carboxylic acids is 1. The summed E-state index contributed by atoms with van der Waals surface area (Å²) in [5.41, 5.74) is 1.77. The maximum absolute atomic E-state index is 12.1. The minimum absolute atomic E-state index is 0.0561. The van der Waals surface area contributed by atoms with Crippen LogP contribution in [0.4, 0.5) is 10.5 Å². The molecule has 2 amide bonds. The lowest BCUT2D eigenvalue weighted by Crippen LogP contribution is -2.55. The van der Waals surface area contributed by atoms with E-state index in [1.165, 1.54) is 0 Å². The van der Waals surface area contributed by atoms with Gasteiger partial charge in [-0.2, -0.15) is 0 Å². The lowest BCUT2D eigenvalue weighted by molar-refractivity contribution is 0.184. The quantitative estimate of drug-likeness (QED) is 0.785. The number of rotatable bonds is 2. The second-order valence-corrected chi connectivity index (χ2v) is 6.48. The molecule has 1 heterocycles. The highest BCUT2D eigenvalue weighted by Gasteiger charge is 2.33. The molecule has 0 aromatic heterocycles. The summed E-state index contributed by atoms with van der Waals surface area (Å²) in [5, 5.41) is 9.91. The Hall–Kier alpha value is -1.26. The van der Waals surface area contributed by atoms with Crippen LogP contribution in [0, 0.1) is 12.3 Å². The number of nitrogens with one attached hydrogen (secondary N) is 3. The highest BCUT2D eigenvalue weighted by molar-refractivity contribution is 6.31. The number of anilines is 1. The molecule has 0 saturated carbocycles. The van der Waals surface area contributed by atoms with Crippen LogP contribution in [0.5, 0.6) is 0 Å². The zero-order chi connectivity index (χ0) is 14.8. The van der Waals surface area contributed by atoms with Gasteiger partial charge in [-0.15, -0.1) is 0 Å². The molecule has 1 aliphatic heterocycles. The van der Waals surface area contributed by atoms with Gasteiger partial charge >= 0.3 is 6.03 Å². The molecule has 1 fully saturated rings. The number of aryl methyl sites for hydroxylation is 1. The maximum atomic E-state index is 12.1. The van der Waals surface area contributed by atoms with E-state index in [0.717, 1.165) is 25.1 Å². The standard InChI is InChI=1S/C15H22ClN3O/c1-10-4-5-11(8-12(10)16)18-14(20)19-13-6-7-17-9-15(13,2)3/h4-5,8,13,17H,6-7,9H2,1-3H3,(H2,18,19,20). The van der Waals surface area contributed by atoms with E-state index >= 15 is 0 Å². The summed E-state index contributed by atoms with van der Waals surface area (Å²) in [4.78, 5) is 12.1. The fraction of sp³-hybridized carbons (Fsp3) is 0.533. The third kappa shape index (κ3) is 3.64. The first-order valence-corrected chi connectivity index (χ1v) is 7.31. The van der Waals surface area contributed by atoms with Gasteiger partial charge in [-0.05, 0) is 43.0 Å². The zero-order valence-electron chi connectivity index (χ0n) is 12.2. The minimum atomic E-state index is -0.176. The van der Waals surface area contributed by atoms with Crippen molar-refractivity contribution >= 4 is 23.3 Å². The topological polar surface area (TPSA) is 53.2 Å². The Balaban J connectivity index is 1.96. The van der Waals surface area contributed by atoms with Crippen LogP contribution in [0.3, 0.4) is 0 Å². The van der Waals surface area contributed by atoms with Crippen molar-refractivity contribution in [3.05, 3.63) is 28.8 Å². The number of halogens is 1. The van der Waals surface area contributed by atoms with Crippen molar-refractivity contribution in [2.45, 2.75) is 33.2 Å². The first-order chi connectivity index (χ1) is 9.38. The van der Waals surface area contributed by atoms with E-state index < -0.39 is 0 Å². The Labute approximate surface area is 125 Å². The van der Waals surface area contributed by atoms with E-state index in [9.17, 15) is 4.79 Å². The van der Waals surface area contributed by atoms with Crippen LogP contribution in [-0.4, -0.2) is 25.2 Å². The first-order valence-electron chi connectivity index (χ1n) is 6.93. The Kier molecular flexibility index (Phi) is 4.55. The fourth-order valence-corrected chi connectivity index (χ4v) is 2.62. The Morgan fingerprint density at radius 1 is 1.45 bits per heavy atom. The number of amides is 2. The molecule has 3 N–H and O–H groups in total. The number of carbonyl (C=O) groups is 1. The monoisotopic (exact) mass is 295 g/mol. The number of hydrogen-bond donors (Lipinski definition) is 3. The second kappa shape index (κ2) is 6.02. The molecular weight excluding hydrogens is 274 g/mol. The summed E-state index contributed by atoms with van der Waals surface area (Å²) in [6.07, 6.45) is 0.940. The number of benzene rings is 1. The lowest BCUT2D eigenvalue weighted by Gasteiger charge is -2.39. The number of piperidine rings is 1. The van der Waals surface area contributed by atoms with Crippen molar-refractivity contribution in [3.63, 3.8) is 0 Å². The van der Waals surface area contributed by atoms with Gasteiger partial charge in [0.05, 0.1) is 0 Å². The van der Waals surface area contributed by atoms with Crippen LogP contribution < -0.4 is 16.0 Å². The molecule has 0 spiro atoms. The summed E-state index contributed by atoms with van der Waals surface area (Å²) in [7, 11) is 0. The van der Waals surface area contributed by atoms with Crippen molar-refractivity contribution in [3.8, 4) is 0 Å². The van der Waals surface area contributed by atoms with E-state index in [4.69, 9.17) is 11.6 Å². The molecule has 20 heavy (non-hydrogen) atoms. The predicted octanol–water partition coefficient (Wildman–Crippen LogP) is 3.16. The van der Waals surface area contributed by atoms with Crippen molar-refractivity contribution in [2.24, 2.45) is 5.41 Å². The number of hydrogen-bond acceptors (Lipinski definition) is 2. The molecule has 1 unspecified atom stereocenters. The van der Waals surface area contributed by atoms with Gasteiger partial charge in [-0.1, -0.05) is 31.5 Å². The van der Waals surface area contributed by atoms with E-state index in [0.29, 0.717) is 10.7 Å². The summed E-state index contributed by atoms with van der Waals surface area (Å²) in [6.45, 7) is 8.10. The molecular formula is C15H22ClN3O. The van der Waals surface area contributed by atoms with Crippen molar-refractivity contribution in [1.29, 1.82) is 0 Å². The van der Waals surface area contributed by atoms with Gasteiger partial charge in [-0.3, -0.25) is 0 Å². The summed E-state index contributed by atoms with van der Waals surface area (Å²) in [5.74, 6) is 0. The Morgan fingerprint density at radius 2 is 2.20 bits per heavy atom. The normalized spacial score (nSPS) is 21.3. The summed E-state index contributed by atoms with van der Waals surface area (Å²) < 4.78 is 0. The zero-order valence-corrected chi connectivity index (χ0v) is 13.0. The van der Waals surface area contributed by atoms with Crippen LogP contribution >= 0.6 is 11.6 Å². The molecule has 1 saturated heterocycles. The molecule has 0 bridgehead atoms. The SMILES string of the molecule is Cc1ccc(NC(=O)NC2CCNCC2(C)C)cc1Cl. The van der Waals surface area contributed by atoms with Gasteiger partial charge < -0.3 is 16.0 Å². The van der Waals surface area contributed by atoms with Crippen molar-refractivity contribution in [1.82, 2.24) is 10.6 Å².